The molecule has 0 saturated carbocycles. The Morgan fingerprint density at radius 3 is 1.38 bits per heavy atom. The minimum absolute atomic E-state index is 0.305. The number of hydrogen-bond acceptors (Lipinski definition) is 2. The Labute approximate surface area is 148 Å². The molecule has 24 heavy (non-hydrogen) atoms. The summed E-state index contributed by atoms with van der Waals surface area (Å²) < 4.78 is 0. The fourth-order valence-corrected chi connectivity index (χ4v) is 3.11. The molecule has 0 heterocycles. The maximum absolute atomic E-state index is 10.6. The van der Waals surface area contributed by atoms with Crippen molar-refractivity contribution in [1.82, 2.24) is 0 Å². The molecule has 1 unspecified atom stereocenters. The molecule has 1 atom stereocenters. The van der Waals surface area contributed by atoms with Gasteiger partial charge in [-0.3, -0.25) is 9.59 Å². The van der Waals surface area contributed by atoms with Gasteiger partial charge < -0.3 is 10.2 Å². The maximum Gasteiger partial charge on any atom is 0.303 e. The molecule has 0 spiro atoms. The smallest absolute Gasteiger partial charge is 0.303 e. The number of unbranched alkanes of at least 4 members (excludes halogenated alkanes) is 12. The minimum atomic E-state index is -0.678. The number of carboxylic acid groups (broad SMARTS) is 2. The monoisotopic (exact) mass is 342 g/mol. The van der Waals surface area contributed by atoms with Crippen LogP contribution in [-0.4, -0.2) is 22.2 Å². The molecule has 0 aromatic heterocycles. The molecule has 4 nitrogen and oxygen atoms in total. The number of hydrogen-bond donors (Lipinski definition) is 2. The summed E-state index contributed by atoms with van der Waals surface area (Å²) in [4.78, 5) is 20.9. The Bertz CT molecular complexity index is 315. The van der Waals surface area contributed by atoms with Crippen molar-refractivity contribution in [3.05, 3.63) is 0 Å². The molecule has 0 fully saturated rings. The maximum atomic E-state index is 10.6. The van der Waals surface area contributed by atoms with Crippen molar-refractivity contribution in [1.29, 1.82) is 0 Å². The summed E-state index contributed by atoms with van der Waals surface area (Å²) >= 11 is 0. The third-order valence-electron chi connectivity index (χ3n) is 4.61. The fourth-order valence-electron chi connectivity index (χ4n) is 3.11. The van der Waals surface area contributed by atoms with E-state index in [1.54, 1.807) is 0 Å². The summed E-state index contributed by atoms with van der Waals surface area (Å²) in [6.07, 6.45) is 17.5. The fraction of sp³-hybridized carbons (Fsp3) is 0.900. The van der Waals surface area contributed by atoms with Crippen LogP contribution in [0.25, 0.3) is 0 Å². The SMILES string of the molecule is CC(CCCCCCCCCCCCCCCC(=O)O)CC(=O)O. The van der Waals surface area contributed by atoms with Crippen LogP contribution in [0.4, 0.5) is 0 Å². The van der Waals surface area contributed by atoms with Crippen LogP contribution in [0.3, 0.4) is 0 Å². The summed E-state index contributed by atoms with van der Waals surface area (Å²) in [5.74, 6) is -1.04. The van der Waals surface area contributed by atoms with E-state index in [2.05, 4.69) is 0 Å². The van der Waals surface area contributed by atoms with Gasteiger partial charge in [0.25, 0.3) is 0 Å². The third-order valence-corrected chi connectivity index (χ3v) is 4.61. The normalized spacial score (nSPS) is 12.2. The molecular formula is C20H38O4. The molecule has 142 valence electrons. The molecule has 4 heteroatoms. The van der Waals surface area contributed by atoms with Gasteiger partial charge in [-0.05, 0) is 12.3 Å². The molecular weight excluding hydrogens is 304 g/mol. The lowest BCUT2D eigenvalue weighted by molar-refractivity contribution is -0.138. The van der Waals surface area contributed by atoms with Crippen LogP contribution in [0.5, 0.6) is 0 Å². The molecule has 0 amide bonds. The van der Waals surface area contributed by atoms with E-state index in [1.807, 2.05) is 6.92 Å². The van der Waals surface area contributed by atoms with Gasteiger partial charge >= 0.3 is 11.9 Å². The number of rotatable bonds is 18. The molecule has 0 aliphatic heterocycles. The van der Waals surface area contributed by atoms with E-state index in [1.165, 1.54) is 64.2 Å². The lowest BCUT2D eigenvalue weighted by Gasteiger charge is -2.08. The van der Waals surface area contributed by atoms with Gasteiger partial charge in [0.2, 0.25) is 0 Å². The molecule has 0 aliphatic rings. The third kappa shape index (κ3) is 19.0. The van der Waals surface area contributed by atoms with Gasteiger partial charge in [-0.1, -0.05) is 90.4 Å². The highest BCUT2D eigenvalue weighted by Gasteiger charge is 2.06. The zero-order valence-electron chi connectivity index (χ0n) is 15.6. The quantitative estimate of drug-likeness (QED) is 0.298. The predicted molar refractivity (Wildman–Crippen MR) is 98.3 cm³/mol. The lowest BCUT2D eigenvalue weighted by atomic mass is 9.99. The highest BCUT2D eigenvalue weighted by molar-refractivity contribution is 5.67. The molecule has 0 saturated heterocycles. The summed E-state index contributed by atoms with van der Waals surface area (Å²) in [5.41, 5.74) is 0. The van der Waals surface area contributed by atoms with Crippen LogP contribution in [0, 0.1) is 5.92 Å². The van der Waals surface area contributed by atoms with E-state index >= 15 is 0 Å². The largest absolute Gasteiger partial charge is 0.481 e. The highest BCUT2D eigenvalue weighted by Crippen LogP contribution is 2.16. The Morgan fingerprint density at radius 1 is 0.625 bits per heavy atom. The van der Waals surface area contributed by atoms with Crippen LogP contribution in [0.2, 0.25) is 0 Å². The van der Waals surface area contributed by atoms with Crippen LogP contribution in [-0.2, 0) is 9.59 Å². The Morgan fingerprint density at radius 2 is 1.00 bits per heavy atom. The Kier molecular flexibility index (Phi) is 16.0. The molecule has 0 aromatic carbocycles. The van der Waals surface area contributed by atoms with Crippen LogP contribution in [0.15, 0.2) is 0 Å². The van der Waals surface area contributed by atoms with Crippen molar-refractivity contribution in [2.75, 3.05) is 0 Å². The van der Waals surface area contributed by atoms with Gasteiger partial charge in [-0.2, -0.15) is 0 Å². The van der Waals surface area contributed by atoms with Gasteiger partial charge in [0.15, 0.2) is 0 Å². The summed E-state index contributed by atoms with van der Waals surface area (Å²) in [5, 5.41) is 17.2. The number of carbonyl (C=O) groups is 2. The molecule has 0 bridgehead atoms. The average Bonchev–Trinajstić information content (AvgIpc) is 2.50. The molecule has 0 radical (unpaired) electrons. The Balaban J connectivity index is 3.10. The van der Waals surface area contributed by atoms with E-state index in [0.717, 1.165) is 25.7 Å². The first-order valence-corrected chi connectivity index (χ1v) is 9.96. The van der Waals surface area contributed by atoms with Crippen LogP contribution in [0.1, 0.15) is 110 Å². The van der Waals surface area contributed by atoms with Gasteiger partial charge in [0, 0.05) is 12.8 Å². The first-order chi connectivity index (χ1) is 11.5. The van der Waals surface area contributed by atoms with Crippen molar-refractivity contribution >= 4 is 11.9 Å². The standard InChI is InChI=1S/C20H38O4/c1-18(17-20(23)24)15-13-11-9-7-5-3-2-4-6-8-10-12-14-16-19(21)22/h18H,2-17H2,1H3,(H,21,22)(H,23,24). The lowest BCUT2D eigenvalue weighted by Crippen LogP contribution is -2.03. The molecule has 0 aromatic rings. The second kappa shape index (κ2) is 16.8. The highest BCUT2D eigenvalue weighted by atomic mass is 16.4. The van der Waals surface area contributed by atoms with Crippen molar-refractivity contribution < 1.29 is 19.8 Å². The first kappa shape index (κ1) is 22.9. The molecule has 0 aliphatic carbocycles. The van der Waals surface area contributed by atoms with E-state index < -0.39 is 11.9 Å². The average molecular weight is 343 g/mol. The van der Waals surface area contributed by atoms with E-state index in [4.69, 9.17) is 10.2 Å². The topological polar surface area (TPSA) is 74.6 Å². The van der Waals surface area contributed by atoms with Crippen molar-refractivity contribution in [3.8, 4) is 0 Å². The summed E-state index contributed by atoms with van der Waals surface area (Å²) in [7, 11) is 0. The van der Waals surface area contributed by atoms with E-state index in [9.17, 15) is 9.59 Å². The van der Waals surface area contributed by atoms with Crippen LogP contribution < -0.4 is 0 Å². The van der Waals surface area contributed by atoms with Crippen molar-refractivity contribution in [2.45, 2.75) is 110 Å². The summed E-state index contributed by atoms with van der Waals surface area (Å²) in [6, 6.07) is 0. The van der Waals surface area contributed by atoms with Gasteiger partial charge in [0.05, 0.1) is 0 Å². The Hall–Kier alpha value is -1.06. The van der Waals surface area contributed by atoms with Crippen LogP contribution >= 0.6 is 0 Å². The van der Waals surface area contributed by atoms with Crippen molar-refractivity contribution in [3.63, 3.8) is 0 Å². The van der Waals surface area contributed by atoms with Crippen molar-refractivity contribution in [2.24, 2.45) is 5.92 Å². The second-order valence-corrected chi connectivity index (χ2v) is 7.23. The molecule has 0 rings (SSSR count). The summed E-state index contributed by atoms with van der Waals surface area (Å²) in [6.45, 7) is 2.03. The zero-order chi connectivity index (χ0) is 18.0. The number of aliphatic carboxylic acids is 2. The minimum Gasteiger partial charge on any atom is -0.481 e. The molecule has 2 N–H and O–H groups in total. The number of carboxylic acids is 2. The van der Waals surface area contributed by atoms with Gasteiger partial charge in [-0.15, -0.1) is 0 Å². The van der Waals surface area contributed by atoms with E-state index in [0.29, 0.717) is 18.8 Å². The van der Waals surface area contributed by atoms with Gasteiger partial charge in [-0.25, -0.2) is 0 Å². The van der Waals surface area contributed by atoms with Gasteiger partial charge in [0.1, 0.15) is 0 Å². The predicted octanol–water partition coefficient (Wildman–Crippen LogP) is 6.03. The zero-order valence-corrected chi connectivity index (χ0v) is 15.6. The second-order valence-electron chi connectivity index (χ2n) is 7.23. The van der Waals surface area contributed by atoms with E-state index in [-0.39, 0.29) is 0 Å². The first-order valence-electron chi connectivity index (χ1n) is 9.96.